The van der Waals surface area contributed by atoms with E-state index in [1.165, 1.54) is 16.8 Å². The van der Waals surface area contributed by atoms with Crippen molar-refractivity contribution in [2.24, 2.45) is 11.8 Å². The minimum absolute atomic E-state index is 0.0492. The Morgan fingerprint density at radius 3 is 2.72 bits per heavy atom. The summed E-state index contributed by atoms with van der Waals surface area (Å²) in [5, 5.41) is 14.9. The molecule has 8 heteroatoms. The molecule has 188 valence electrons. The lowest BCUT2D eigenvalue weighted by Crippen LogP contribution is -2.52. The normalized spacial score (nSPS) is 28.8. The number of halogens is 2. The number of nitrogens with zero attached hydrogens (tertiary/aromatic N) is 2. The lowest BCUT2D eigenvalue weighted by Gasteiger charge is -2.40. The van der Waals surface area contributed by atoms with E-state index in [1.807, 2.05) is 0 Å². The number of carbonyl (C=O) groups is 1. The Hall–Kier alpha value is -2.90. The molecule has 1 heterocycles. The second-order valence-electron chi connectivity index (χ2n) is 11.0. The summed E-state index contributed by atoms with van der Waals surface area (Å²) >= 11 is 6.06. The number of hydrogen-bond donors (Lipinski definition) is 2. The summed E-state index contributed by atoms with van der Waals surface area (Å²) in [6.45, 7) is 0.214. The largest absolute Gasteiger partial charge is 0.390 e. The molecule has 0 radical (unpaired) electrons. The smallest absolute Gasteiger partial charge is 0.284 e. The van der Waals surface area contributed by atoms with Gasteiger partial charge in [-0.3, -0.25) is 14.3 Å². The summed E-state index contributed by atoms with van der Waals surface area (Å²) in [7, 11) is 0. The van der Waals surface area contributed by atoms with Gasteiger partial charge in [-0.25, -0.2) is 9.07 Å². The van der Waals surface area contributed by atoms with E-state index in [1.54, 1.807) is 47.3 Å². The van der Waals surface area contributed by atoms with Crippen LogP contribution in [0, 0.1) is 17.7 Å². The van der Waals surface area contributed by atoms with Crippen molar-refractivity contribution in [1.82, 2.24) is 14.7 Å². The summed E-state index contributed by atoms with van der Waals surface area (Å²) in [6, 6.07) is 13.0. The maximum absolute atomic E-state index is 13.9. The topological polar surface area (TPSA) is 76.3 Å². The van der Waals surface area contributed by atoms with Crippen LogP contribution in [0.3, 0.4) is 0 Å². The average Bonchev–Trinajstić information content (AvgIpc) is 3.23. The standard InChI is InChI=1S/C28H29ClFN3O3/c29-21-5-7-23(8-6-21)33-26(35)24(17-32(33)16-18-3-1-4-22(30)12-18)25(34)31-27-9-2-10-28(36)14-19(13-27)11-20(28)15-27/h1,3-8,12,17,19-20,36H,2,9-11,13-16H2,(H,31,34). The van der Waals surface area contributed by atoms with Crippen LogP contribution in [0.15, 0.2) is 59.5 Å². The Morgan fingerprint density at radius 1 is 1.14 bits per heavy atom. The number of rotatable bonds is 5. The molecule has 0 spiro atoms. The first-order valence-corrected chi connectivity index (χ1v) is 13.0. The quantitative estimate of drug-likeness (QED) is 0.524. The van der Waals surface area contributed by atoms with Crippen molar-refractivity contribution in [2.45, 2.75) is 62.6 Å². The van der Waals surface area contributed by atoms with Crippen LogP contribution in [0.4, 0.5) is 4.39 Å². The van der Waals surface area contributed by atoms with Gasteiger partial charge in [-0.15, -0.1) is 0 Å². The second-order valence-corrected chi connectivity index (χ2v) is 11.4. The highest BCUT2D eigenvalue weighted by atomic mass is 35.5. The minimum Gasteiger partial charge on any atom is -0.390 e. The summed E-state index contributed by atoms with van der Waals surface area (Å²) in [4.78, 5) is 27.2. The van der Waals surface area contributed by atoms with Crippen LogP contribution in [0.5, 0.6) is 0 Å². The van der Waals surface area contributed by atoms with Crippen LogP contribution in [0.25, 0.3) is 5.69 Å². The number of aliphatic hydroxyl groups is 1. The molecule has 6 nitrogen and oxygen atoms in total. The molecule has 4 unspecified atom stereocenters. The Bertz CT molecular complexity index is 1380. The molecule has 4 atom stereocenters. The zero-order valence-electron chi connectivity index (χ0n) is 19.9. The van der Waals surface area contributed by atoms with E-state index < -0.39 is 22.6 Å². The Morgan fingerprint density at radius 2 is 1.94 bits per heavy atom. The molecule has 2 aromatic carbocycles. The third-order valence-corrected chi connectivity index (χ3v) is 8.74. The van der Waals surface area contributed by atoms with Gasteiger partial charge >= 0.3 is 0 Å². The molecule has 36 heavy (non-hydrogen) atoms. The van der Waals surface area contributed by atoms with Gasteiger partial charge in [0.25, 0.3) is 11.5 Å². The summed E-state index contributed by atoms with van der Waals surface area (Å²) in [6.07, 6.45) is 7.41. The highest BCUT2D eigenvalue weighted by Crippen LogP contribution is 2.57. The van der Waals surface area contributed by atoms with Gasteiger partial charge in [0.05, 0.1) is 17.8 Å². The van der Waals surface area contributed by atoms with Gasteiger partial charge in [-0.2, -0.15) is 0 Å². The van der Waals surface area contributed by atoms with Crippen molar-refractivity contribution in [3.05, 3.63) is 87.0 Å². The number of aromatic nitrogens is 2. The van der Waals surface area contributed by atoms with Gasteiger partial charge in [-0.05, 0) is 98.7 Å². The molecule has 3 aliphatic rings. The molecule has 2 N–H and O–H groups in total. The molecular formula is C28H29ClFN3O3. The molecule has 3 aromatic rings. The van der Waals surface area contributed by atoms with Crippen molar-refractivity contribution >= 4 is 17.5 Å². The van der Waals surface area contributed by atoms with Crippen LogP contribution < -0.4 is 10.9 Å². The van der Waals surface area contributed by atoms with E-state index >= 15 is 0 Å². The van der Waals surface area contributed by atoms with E-state index in [-0.39, 0.29) is 23.8 Å². The average molecular weight is 510 g/mol. The first-order valence-electron chi connectivity index (χ1n) is 12.6. The molecular weight excluding hydrogens is 481 g/mol. The van der Waals surface area contributed by atoms with Crippen LogP contribution in [-0.2, 0) is 6.54 Å². The fourth-order valence-corrected chi connectivity index (χ4v) is 7.19. The molecule has 6 rings (SSSR count). The first-order chi connectivity index (χ1) is 17.2. The number of carbonyl (C=O) groups excluding carboxylic acids is 1. The molecule has 0 saturated heterocycles. The van der Waals surface area contributed by atoms with E-state index in [0.717, 1.165) is 44.9 Å². The van der Waals surface area contributed by atoms with Crippen LogP contribution in [0.1, 0.15) is 60.9 Å². The number of nitrogens with one attached hydrogen (secondary N) is 1. The monoisotopic (exact) mass is 509 g/mol. The maximum Gasteiger partial charge on any atom is 0.284 e. The predicted molar refractivity (Wildman–Crippen MR) is 135 cm³/mol. The Kier molecular flexibility index (Phi) is 5.61. The van der Waals surface area contributed by atoms with E-state index in [0.29, 0.717) is 22.2 Å². The SMILES string of the molecule is O=C(NC12CCCC3(O)CC(CC3C1)C2)c1cn(Cc2cccc(F)c2)n(-c2ccc(Cl)cc2)c1=O. The molecule has 3 saturated carbocycles. The van der Waals surface area contributed by atoms with Crippen LogP contribution in [0.2, 0.25) is 5.02 Å². The van der Waals surface area contributed by atoms with Gasteiger partial charge < -0.3 is 10.4 Å². The number of fused-ring (bicyclic) bond motifs is 2. The second kappa shape index (κ2) is 8.60. The highest BCUT2D eigenvalue weighted by Gasteiger charge is 2.56. The highest BCUT2D eigenvalue weighted by molar-refractivity contribution is 6.30. The Labute approximate surface area is 213 Å². The molecule has 1 aromatic heterocycles. The van der Waals surface area contributed by atoms with Crippen molar-refractivity contribution in [2.75, 3.05) is 0 Å². The van der Waals surface area contributed by atoms with Gasteiger partial charge in [0.1, 0.15) is 11.4 Å². The minimum atomic E-state index is -0.608. The lowest BCUT2D eigenvalue weighted by atomic mass is 9.73. The fourth-order valence-electron chi connectivity index (χ4n) is 7.06. The van der Waals surface area contributed by atoms with Gasteiger partial charge in [0.15, 0.2) is 0 Å². The van der Waals surface area contributed by atoms with Crippen LogP contribution in [-0.4, -0.2) is 31.5 Å². The zero-order chi connectivity index (χ0) is 25.1. The fraction of sp³-hybridized carbons (Fsp3) is 0.429. The van der Waals surface area contributed by atoms with Crippen molar-refractivity contribution < 1.29 is 14.3 Å². The summed E-state index contributed by atoms with van der Waals surface area (Å²) in [5.74, 6) is -0.162. The number of hydrogen-bond acceptors (Lipinski definition) is 3. The third kappa shape index (κ3) is 4.08. The number of benzene rings is 2. The Balaban J connectivity index is 1.36. The maximum atomic E-state index is 13.9. The van der Waals surface area contributed by atoms with E-state index in [9.17, 15) is 19.1 Å². The predicted octanol–water partition coefficient (Wildman–Crippen LogP) is 4.68. The number of amides is 1. The van der Waals surface area contributed by atoms with Gasteiger partial charge in [0, 0.05) is 16.8 Å². The first kappa shape index (κ1) is 23.5. The van der Waals surface area contributed by atoms with E-state index in [2.05, 4.69) is 5.32 Å². The van der Waals surface area contributed by atoms with Gasteiger partial charge in [0.2, 0.25) is 0 Å². The van der Waals surface area contributed by atoms with Crippen molar-refractivity contribution in [1.29, 1.82) is 0 Å². The van der Waals surface area contributed by atoms with Crippen molar-refractivity contribution in [3.63, 3.8) is 0 Å². The summed E-state index contributed by atoms with van der Waals surface area (Å²) < 4.78 is 16.9. The molecule has 1 amide bonds. The zero-order valence-corrected chi connectivity index (χ0v) is 20.7. The molecule has 3 aliphatic carbocycles. The summed E-state index contributed by atoms with van der Waals surface area (Å²) in [5.41, 5.74) is -0.157. The van der Waals surface area contributed by atoms with Crippen LogP contribution >= 0.6 is 11.6 Å². The lowest BCUT2D eigenvalue weighted by molar-refractivity contribution is -0.00494. The van der Waals surface area contributed by atoms with Gasteiger partial charge in [-0.1, -0.05) is 23.7 Å². The van der Waals surface area contributed by atoms with E-state index in [4.69, 9.17) is 11.6 Å². The molecule has 3 fully saturated rings. The third-order valence-electron chi connectivity index (χ3n) is 8.49. The molecule has 3 bridgehead atoms. The molecule has 0 aliphatic heterocycles. The van der Waals surface area contributed by atoms with Crippen molar-refractivity contribution in [3.8, 4) is 5.69 Å².